The van der Waals surface area contributed by atoms with Gasteiger partial charge in [-0.15, -0.1) is 12.3 Å². The number of nitrogens with one attached hydrogen (secondary N) is 1. The first-order chi connectivity index (χ1) is 8.08. The fourth-order valence-corrected chi connectivity index (χ4v) is 1.58. The van der Waals surface area contributed by atoms with Crippen LogP contribution >= 0.6 is 0 Å². The van der Waals surface area contributed by atoms with Gasteiger partial charge in [0.1, 0.15) is 5.82 Å². The molecule has 1 aromatic carbocycles. The Kier molecular flexibility index (Phi) is 4.71. The molecule has 1 aromatic rings. The predicted octanol–water partition coefficient (Wildman–Crippen LogP) is 2.67. The molecule has 17 heavy (non-hydrogen) atoms. The van der Waals surface area contributed by atoms with Crippen molar-refractivity contribution in [1.29, 1.82) is 0 Å². The summed E-state index contributed by atoms with van der Waals surface area (Å²) in [7, 11) is 0. The normalized spacial score (nSPS) is 11.6. The van der Waals surface area contributed by atoms with E-state index in [-0.39, 0.29) is 17.8 Å². The number of benzene rings is 1. The second-order valence-electron chi connectivity index (χ2n) is 3.95. The number of carbonyl (C=O) groups is 1. The molecule has 0 aliphatic carbocycles. The topological polar surface area (TPSA) is 29.1 Å². The maximum Gasteiger partial charge on any atom is 0.251 e. The molecule has 0 radical (unpaired) electrons. The zero-order valence-electron chi connectivity index (χ0n) is 10.1. The molecule has 0 saturated heterocycles. The van der Waals surface area contributed by atoms with Crippen LogP contribution < -0.4 is 5.32 Å². The third-order valence-corrected chi connectivity index (χ3v) is 2.63. The summed E-state index contributed by atoms with van der Waals surface area (Å²) in [6, 6.07) is 4.08. The zero-order chi connectivity index (χ0) is 12.8. The van der Waals surface area contributed by atoms with E-state index >= 15 is 0 Å². The lowest BCUT2D eigenvalue weighted by Gasteiger charge is -2.15. The summed E-state index contributed by atoms with van der Waals surface area (Å²) in [5.74, 6) is 1.98. The van der Waals surface area contributed by atoms with Crippen LogP contribution in [0.4, 0.5) is 4.39 Å². The first kappa shape index (κ1) is 13.2. The lowest BCUT2D eigenvalue weighted by molar-refractivity contribution is 0.0936. The lowest BCUT2D eigenvalue weighted by Crippen LogP contribution is -2.34. The Morgan fingerprint density at radius 3 is 2.82 bits per heavy atom. The number of rotatable bonds is 4. The lowest BCUT2D eigenvalue weighted by atomic mass is 10.1. The van der Waals surface area contributed by atoms with Gasteiger partial charge in [0.2, 0.25) is 0 Å². The molecule has 0 bridgehead atoms. The van der Waals surface area contributed by atoms with Crippen molar-refractivity contribution >= 4 is 5.91 Å². The quantitative estimate of drug-likeness (QED) is 0.796. The highest BCUT2D eigenvalue weighted by Gasteiger charge is 2.13. The summed E-state index contributed by atoms with van der Waals surface area (Å²) in [6.45, 7) is 3.67. The molecule has 1 unspecified atom stereocenters. The van der Waals surface area contributed by atoms with E-state index in [1.165, 1.54) is 18.2 Å². The minimum Gasteiger partial charge on any atom is -0.348 e. The van der Waals surface area contributed by atoms with Gasteiger partial charge in [0, 0.05) is 18.0 Å². The average Bonchev–Trinajstić information content (AvgIpc) is 2.28. The summed E-state index contributed by atoms with van der Waals surface area (Å²) in [6.07, 6.45) is 6.49. The van der Waals surface area contributed by atoms with Gasteiger partial charge in [-0.1, -0.05) is 6.92 Å². The maximum atomic E-state index is 12.9. The summed E-state index contributed by atoms with van der Waals surface area (Å²) in [5.41, 5.74) is 1.11. The molecular weight excluding hydrogens is 217 g/mol. The Morgan fingerprint density at radius 1 is 1.59 bits per heavy atom. The largest absolute Gasteiger partial charge is 0.348 e. The van der Waals surface area contributed by atoms with Gasteiger partial charge >= 0.3 is 0 Å². The molecule has 0 aromatic heterocycles. The third kappa shape index (κ3) is 3.60. The van der Waals surface area contributed by atoms with Crippen LogP contribution in [0.1, 0.15) is 35.7 Å². The molecule has 90 valence electrons. The smallest absolute Gasteiger partial charge is 0.251 e. The monoisotopic (exact) mass is 233 g/mol. The number of halogens is 1. The van der Waals surface area contributed by atoms with Crippen LogP contribution in [-0.2, 0) is 0 Å². The summed E-state index contributed by atoms with van der Waals surface area (Å²) in [4.78, 5) is 11.9. The van der Waals surface area contributed by atoms with Crippen molar-refractivity contribution in [2.75, 3.05) is 0 Å². The molecule has 1 N–H and O–H groups in total. The highest BCUT2D eigenvalue weighted by atomic mass is 19.1. The molecule has 1 rings (SSSR count). The predicted molar refractivity (Wildman–Crippen MR) is 66.1 cm³/mol. The standard InChI is InChI=1S/C14H16FNO/c1-4-6-12(5-2)16-14(17)13-8-7-11(15)9-10(13)3/h1,7-9,12H,5-6H2,2-3H3,(H,16,17). The number of terminal acetylenes is 1. The van der Waals surface area contributed by atoms with E-state index in [4.69, 9.17) is 6.42 Å². The minimum atomic E-state index is -0.338. The van der Waals surface area contributed by atoms with Gasteiger partial charge in [-0.05, 0) is 37.1 Å². The molecule has 0 aliphatic rings. The van der Waals surface area contributed by atoms with Crippen molar-refractivity contribution in [1.82, 2.24) is 5.32 Å². The van der Waals surface area contributed by atoms with Gasteiger partial charge in [0.15, 0.2) is 0 Å². The number of carbonyl (C=O) groups excluding carboxylic acids is 1. The van der Waals surface area contributed by atoms with E-state index in [1.54, 1.807) is 6.92 Å². The van der Waals surface area contributed by atoms with Crippen LogP contribution in [0.2, 0.25) is 0 Å². The Labute approximate surface area is 101 Å². The summed E-state index contributed by atoms with van der Waals surface area (Å²) < 4.78 is 12.9. The van der Waals surface area contributed by atoms with E-state index in [0.29, 0.717) is 17.5 Å². The van der Waals surface area contributed by atoms with Crippen molar-refractivity contribution in [3.05, 3.63) is 35.1 Å². The van der Waals surface area contributed by atoms with E-state index in [2.05, 4.69) is 11.2 Å². The zero-order valence-corrected chi connectivity index (χ0v) is 10.1. The highest BCUT2D eigenvalue weighted by molar-refractivity contribution is 5.95. The second kappa shape index (κ2) is 6.05. The fourth-order valence-electron chi connectivity index (χ4n) is 1.58. The first-order valence-electron chi connectivity index (χ1n) is 5.59. The maximum absolute atomic E-state index is 12.9. The molecule has 1 amide bonds. The summed E-state index contributed by atoms with van der Waals surface area (Å²) in [5, 5.41) is 2.84. The molecule has 0 saturated carbocycles. The number of aryl methyl sites for hydroxylation is 1. The third-order valence-electron chi connectivity index (χ3n) is 2.63. The van der Waals surface area contributed by atoms with Gasteiger partial charge in [-0.2, -0.15) is 0 Å². The Hall–Kier alpha value is -1.82. The number of amides is 1. The van der Waals surface area contributed by atoms with E-state index in [1.807, 2.05) is 6.92 Å². The van der Waals surface area contributed by atoms with Gasteiger partial charge in [-0.3, -0.25) is 4.79 Å². The molecule has 0 heterocycles. The number of hydrogen-bond acceptors (Lipinski definition) is 1. The molecule has 0 fully saturated rings. The Balaban J connectivity index is 2.79. The minimum absolute atomic E-state index is 0.0306. The molecule has 0 spiro atoms. The van der Waals surface area contributed by atoms with Gasteiger partial charge in [0.25, 0.3) is 5.91 Å². The van der Waals surface area contributed by atoms with Crippen LogP contribution in [0, 0.1) is 25.1 Å². The molecular formula is C14H16FNO. The van der Waals surface area contributed by atoms with Crippen LogP contribution in [-0.4, -0.2) is 11.9 Å². The van der Waals surface area contributed by atoms with Crippen LogP contribution in [0.5, 0.6) is 0 Å². The molecule has 3 heteroatoms. The highest BCUT2D eigenvalue weighted by Crippen LogP contribution is 2.10. The first-order valence-corrected chi connectivity index (χ1v) is 5.59. The SMILES string of the molecule is C#CCC(CC)NC(=O)c1ccc(F)cc1C. The van der Waals surface area contributed by atoms with Crippen molar-refractivity contribution in [2.45, 2.75) is 32.7 Å². The molecule has 1 atom stereocenters. The van der Waals surface area contributed by atoms with Crippen LogP contribution in [0.3, 0.4) is 0 Å². The van der Waals surface area contributed by atoms with Gasteiger partial charge in [-0.25, -0.2) is 4.39 Å². The Bertz CT molecular complexity index is 448. The molecule has 2 nitrogen and oxygen atoms in total. The fraction of sp³-hybridized carbons (Fsp3) is 0.357. The second-order valence-corrected chi connectivity index (χ2v) is 3.95. The van der Waals surface area contributed by atoms with E-state index in [9.17, 15) is 9.18 Å². The van der Waals surface area contributed by atoms with Crippen molar-refractivity contribution in [3.8, 4) is 12.3 Å². The summed E-state index contributed by atoms with van der Waals surface area (Å²) >= 11 is 0. The van der Waals surface area contributed by atoms with Gasteiger partial charge in [0.05, 0.1) is 0 Å². The Morgan fingerprint density at radius 2 is 2.29 bits per heavy atom. The van der Waals surface area contributed by atoms with Crippen LogP contribution in [0.25, 0.3) is 0 Å². The van der Waals surface area contributed by atoms with E-state index in [0.717, 1.165) is 6.42 Å². The number of hydrogen-bond donors (Lipinski definition) is 1. The molecule has 0 aliphatic heterocycles. The van der Waals surface area contributed by atoms with Gasteiger partial charge < -0.3 is 5.32 Å². The van der Waals surface area contributed by atoms with Crippen LogP contribution in [0.15, 0.2) is 18.2 Å². The van der Waals surface area contributed by atoms with E-state index < -0.39 is 0 Å². The van der Waals surface area contributed by atoms with Crippen molar-refractivity contribution in [2.24, 2.45) is 0 Å². The van der Waals surface area contributed by atoms with Crippen molar-refractivity contribution < 1.29 is 9.18 Å². The average molecular weight is 233 g/mol. The van der Waals surface area contributed by atoms with Crippen molar-refractivity contribution in [3.63, 3.8) is 0 Å².